The predicted molar refractivity (Wildman–Crippen MR) is 110 cm³/mol. The summed E-state index contributed by atoms with van der Waals surface area (Å²) in [5, 5.41) is 4.78. The number of piperidine rings is 1. The lowest BCUT2D eigenvalue weighted by atomic mass is 9.72. The van der Waals surface area contributed by atoms with Gasteiger partial charge in [0.25, 0.3) is 0 Å². The van der Waals surface area contributed by atoms with Crippen molar-refractivity contribution in [1.82, 2.24) is 15.2 Å². The predicted octanol–water partition coefficient (Wildman–Crippen LogP) is 3.20. The molecule has 0 spiro atoms. The van der Waals surface area contributed by atoms with Gasteiger partial charge < -0.3 is 19.9 Å². The van der Waals surface area contributed by atoms with Crippen LogP contribution in [0.15, 0.2) is 24.4 Å². The third-order valence-corrected chi connectivity index (χ3v) is 7.12. The van der Waals surface area contributed by atoms with Crippen molar-refractivity contribution in [1.29, 1.82) is 0 Å². The summed E-state index contributed by atoms with van der Waals surface area (Å²) in [7, 11) is 2.23. The van der Waals surface area contributed by atoms with Crippen molar-refractivity contribution < 1.29 is 9.53 Å². The Morgan fingerprint density at radius 1 is 1.29 bits per heavy atom. The molecule has 5 heteroatoms. The molecular weight excluding hydrogens is 350 g/mol. The van der Waals surface area contributed by atoms with E-state index in [-0.39, 0.29) is 12.0 Å². The average Bonchev–Trinajstić information content (AvgIpc) is 2.94. The lowest BCUT2D eigenvalue weighted by Crippen LogP contribution is -2.49. The number of hydrogen-bond acceptors (Lipinski definition) is 4. The van der Waals surface area contributed by atoms with Crippen LogP contribution in [0.3, 0.4) is 0 Å². The molecule has 2 saturated heterocycles. The Labute approximate surface area is 166 Å². The van der Waals surface area contributed by atoms with Crippen LogP contribution in [0.1, 0.15) is 49.1 Å². The third kappa shape index (κ3) is 3.25. The number of carbonyl (C=O) groups excluding carboxylic acids is 1. The number of esters is 1. The molecule has 5 rings (SSSR count). The van der Waals surface area contributed by atoms with Crippen molar-refractivity contribution in [2.45, 2.75) is 56.5 Å². The largest absolute Gasteiger partial charge is 0.464 e. The number of aromatic nitrogens is 1. The van der Waals surface area contributed by atoms with E-state index in [1.807, 2.05) is 0 Å². The quantitative estimate of drug-likeness (QED) is 0.802. The first-order valence-electron chi connectivity index (χ1n) is 10.9. The zero-order valence-electron chi connectivity index (χ0n) is 16.7. The van der Waals surface area contributed by atoms with Gasteiger partial charge in [-0.15, -0.1) is 0 Å². The summed E-state index contributed by atoms with van der Waals surface area (Å²) >= 11 is 0. The molecule has 150 valence electrons. The van der Waals surface area contributed by atoms with Crippen LogP contribution in [0, 0.1) is 5.92 Å². The van der Waals surface area contributed by atoms with Crippen molar-refractivity contribution in [3.63, 3.8) is 0 Å². The van der Waals surface area contributed by atoms with Crippen molar-refractivity contribution in [2.24, 2.45) is 5.92 Å². The van der Waals surface area contributed by atoms with E-state index >= 15 is 0 Å². The standard InChI is InChI=1S/C23H31N3O2/c1-26-13-15(14-28-23(27)20-7-3-2-4-9-24-20)10-18-17-6-5-8-19-22(17)16(12-25-19)11-21(18)26/h5-6,8,12,15,18,20-21,24-25H,2-4,7,9-11,13-14H2,1H3/t15?,18-,20?,21-/m0/s1. The molecule has 5 nitrogen and oxygen atoms in total. The van der Waals surface area contributed by atoms with Crippen molar-refractivity contribution in [3.8, 4) is 0 Å². The molecule has 3 heterocycles. The van der Waals surface area contributed by atoms with Crippen LogP contribution in [0.2, 0.25) is 0 Å². The fraction of sp³-hybridized carbons (Fsp3) is 0.609. The fourth-order valence-corrected chi connectivity index (χ4v) is 5.71. The lowest BCUT2D eigenvalue weighted by molar-refractivity contribution is -0.148. The maximum absolute atomic E-state index is 12.5. The van der Waals surface area contributed by atoms with Gasteiger partial charge in [-0.2, -0.15) is 0 Å². The topological polar surface area (TPSA) is 57.4 Å². The van der Waals surface area contributed by atoms with Crippen molar-refractivity contribution in [2.75, 3.05) is 26.7 Å². The van der Waals surface area contributed by atoms with Gasteiger partial charge in [0.2, 0.25) is 0 Å². The molecule has 2 aromatic rings. The van der Waals surface area contributed by atoms with Gasteiger partial charge >= 0.3 is 5.97 Å². The van der Waals surface area contributed by atoms with E-state index in [2.05, 4.69) is 46.6 Å². The Morgan fingerprint density at radius 2 is 2.21 bits per heavy atom. The Balaban J connectivity index is 1.28. The number of carbonyl (C=O) groups is 1. The monoisotopic (exact) mass is 381 g/mol. The molecule has 4 atom stereocenters. The number of aromatic amines is 1. The number of ether oxygens (including phenoxy) is 1. The SMILES string of the molecule is CN1CC(COC(=O)C2CCCCCN2)C[C@H]2c3cccc4[nH]cc(c34)C[C@@H]21. The molecule has 2 N–H and O–H groups in total. The van der Waals surface area contributed by atoms with E-state index in [0.717, 1.165) is 45.2 Å². The minimum atomic E-state index is -0.109. The number of H-pyrrole nitrogens is 1. The molecule has 1 aromatic heterocycles. The second kappa shape index (κ2) is 7.53. The van der Waals surface area contributed by atoms with Crippen LogP contribution >= 0.6 is 0 Å². The number of benzene rings is 1. The van der Waals surface area contributed by atoms with E-state index in [9.17, 15) is 4.79 Å². The molecule has 2 fully saturated rings. The van der Waals surface area contributed by atoms with E-state index in [1.54, 1.807) is 0 Å². The van der Waals surface area contributed by atoms with E-state index < -0.39 is 0 Å². The average molecular weight is 382 g/mol. The molecule has 0 radical (unpaired) electrons. The normalized spacial score (nSPS) is 30.6. The Hall–Kier alpha value is -1.85. The zero-order valence-corrected chi connectivity index (χ0v) is 16.7. The summed E-state index contributed by atoms with van der Waals surface area (Å²) in [4.78, 5) is 18.5. The Morgan fingerprint density at radius 3 is 3.14 bits per heavy atom. The van der Waals surface area contributed by atoms with Crippen LogP contribution in [0.25, 0.3) is 10.9 Å². The van der Waals surface area contributed by atoms with Gasteiger partial charge in [-0.05, 0) is 56.5 Å². The summed E-state index contributed by atoms with van der Waals surface area (Å²) in [6.45, 7) is 2.47. The molecule has 0 saturated carbocycles. The van der Waals surface area contributed by atoms with Gasteiger partial charge in [0, 0.05) is 41.5 Å². The van der Waals surface area contributed by atoms with E-state index in [0.29, 0.717) is 24.5 Å². The summed E-state index contributed by atoms with van der Waals surface area (Å²) in [5.41, 5.74) is 4.17. The fourth-order valence-electron chi connectivity index (χ4n) is 5.71. The molecule has 3 aliphatic rings. The number of hydrogen-bond donors (Lipinski definition) is 2. The molecule has 2 aliphatic heterocycles. The smallest absolute Gasteiger partial charge is 0.323 e. The minimum Gasteiger partial charge on any atom is -0.464 e. The molecule has 0 bridgehead atoms. The van der Waals surface area contributed by atoms with Crippen molar-refractivity contribution in [3.05, 3.63) is 35.5 Å². The first-order valence-corrected chi connectivity index (χ1v) is 10.9. The van der Waals surface area contributed by atoms with Crippen LogP contribution in [0.4, 0.5) is 0 Å². The highest BCUT2D eigenvalue weighted by Crippen LogP contribution is 2.44. The Bertz CT molecular complexity index is 853. The van der Waals surface area contributed by atoms with E-state index in [4.69, 9.17) is 4.74 Å². The van der Waals surface area contributed by atoms with E-state index in [1.165, 1.54) is 28.5 Å². The summed E-state index contributed by atoms with van der Waals surface area (Å²) in [5.74, 6) is 0.868. The van der Waals surface area contributed by atoms with Gasteiger partial charge in [0.05, 0.1) is 6.61 Å². The maximum Gasteiger partial charge on any atom is 0.323 e. The van der Waals surface area contributed by atoms with Crippen LogP contribution in [-0.4, -0.2) is 54.7 Å². The van der Waals surface area contributed by atoms with Gasteiger partial charge in [0.1, 0.15) is 6.04 Å². The first kappa shape index (κ1) is 18.2. The summed E-state index contributed by atoms with van der Waals surface area (Å²) in [6, 6.07) is 7.08. The molecular formula is C23H31N3O2. The van der Waals surface area contributed by atoms with Gasteiger partial charge in [-0.1, -0.05) is 25.0 Å². The summed E-state index contributed by atoms with van der Waals surface area (Å²) < 4.78 is 5.80. The number of fused-ring (bicyclic) bond motifs is 2. The number of likely N-dealkylation sites (tertiary alicyclic amines) is 1. The van der Waals surface area contributed by atoms with Gasteiger partial charge in [-0.25, -0.2) is 0 Å². The highest BCUT2D eigenvalue weighted by molar-refractivity contribution is 5.88. The minimum absolute atomic E-state index is 0.0506. The Kier molecular flexibility index (Phi) is 4.89. The second-order valence-electron chi connectivity index (χ2n) is 8.99. The van der Waals surface area contributed by atoms with Crippen LogP contribution < -0.4 is 5.32 Å². The number of nitrogens with zero attached hydrogens (tertiary/aromatic N) is 1. The van der Waals surface area contributed by atoms with Crippen molar-refractivity contribution >= 4 is 16.9 Å². The van der Waals surface area contributed by atoms with Crippen LogP contribution in [-0.2, 0) is 16.0 Å². The van der Waals surface area contributed by atoms with Gasteiger partial charge in [-0.3, -0.25) is 4.79 Å². The molecule has 2 unspecified atom stereocenters. The number of nitrogens with one attached hydrogen (secondary N) is 2. The van der Waals surface area contributed by atoms with Gasteiger partial charge in [0.15, 0.2) is 0 Å². The zero-order chi connectivity index (χ0) is 19.1. The molecule has 0 amide bonds. The number of likely N-dealkylation sites (N-methyl/N-ethyl adjacent to an activating group) is 1. The summed E-state index contributed by atoms with van der Waals surface area (Å²) in [6.07, 6.45) is 8.79. The number of rotatable bonds is 3. The highest BCUT2D eigenvalue weighted by Gasteiger charge is 2.39. The molecule has 28 heavy (non-hydrogen) atoms. The molecule has 1 aliphatic carbocycles. The van der Waals surface area contributed by atoms with Crippen LogP contribution in [0.5, 0.6) is 0 Å². The second-order valence-corrected chi connectivity index (χ2v) is 8.99. The highest BCUT2D eigenvalue weighted by atomic mass is 16.5. The maximum atomic E-state index is 12.5. The molecule has 1 aromatic carbocycles. The first-order chi connectivity index (χ1) is 13.7. The third-order valence-electron chi connectivity index (χ3n) is 7.12. The lowest BCUT2D eigenvalue weighted by Gasteiger charge is -2.45.